The average molecular weight is 135 g/mol. The van der Waals surface area contributed by atoms with E-state index in [4.69, 9.17) is 5.41 Å². The molecule has 0 aromatic carbocycles. The summed E-state index contributed by atoms with van der Waals surface area (Å²) in [5, 5.41) is 7.00. The summed E-state index contributed by atoms with van der Waals surface area (Å²) < 4.78 is 0. The highest BCUT2D eigenvalue weighted by molar-refractivity contribution is 6.75. The molecule has 1 aliphatic carbocycles. The molecule has 0 unspecified atom stereocenters. The fourth-order valence-electron chi connectivity index (χ4n) is 0.633. The molecule has 2 heteroatoms. The first-order chi connectivity index (χ1) is 4.66. The first-order valence-electron chi connectivity index (χ1n) is 3.15. The summed E-state index contributed by atoms with van der Waals surface area (Å²) in [5.74, 6) is -0.110. The Balaban J connectivity index is 2.78. The molecule has 0 amide bonds. The number of allylic oxidation sites excluding steroid dienone is 4. The molecule has 0 atom stereocenters. The van der Waals surface area contributed by atoms with E-state index >= 15 is 0 Å². The van der Waals surface area contributed by atoms with Crippen molar-refractivity contribution in [2.24, 2.45) is 0 Å². The van der Waals surface area contributed by atoms with Crippen LogP contribution in [-0.2, 0) is 4.79 Å². The van der Waals surface area contributed by atoms with Gasteiger partial charge in [-0.3, -0.25) is 10.2 Å². The highest BCUT2D eigenvalue weighted by Crippen LogP contribution is 2.19. The molecule has 0 aromatic heterocycles. The Bertz CT molecular complexity index is 242. The zero-order valence-electron chi connectivity index (χ0n) is 6.06. The molecule has 0 aliphatic heterocycles. The molecule has 0 heterocycles. The van der Waals surface area contributed by atoms with Crippen molar-refractivity contribution in [3.63, 3.8) is 0 Å². The maximum absolute atomic E-state index is 10.5. The van der Waals surface area contributed by atoms with Gasteiger partial charge >= 0.3 is 0 Å². The Kier molecular flexibility index (Phi) is 1.53. The predicted octanol–water partition coefficient (Wildman–Crippen LogP) is 1.48. The van der Waals surface area contributed by atoms with E-state index in [0.717, 1.165) is 5.57 Å². The minimum absolute atomic E-state index is 0.110. The summed E-state index contributed by atoms with van der Waals surface area (Å²) >= 11 is 0. The van der Waals surface area contributed by atoms with E-state index in [-0.39, 0.29) is 11.5 Å². The van der Waals surface area contributed by atoms with Crippen LogP contribution < -0.4 is 0 Å². The highest BCUT2D eigenvalue weighted by Gasteiger charge is 2.35. The van der Waals surface area contributed by atoms with Gasteiger partial charge in [-0.15, -0.1) is 0 Å². The second kappa shape index (κ2) is 2.21. The van der Waals surface area contributed by atoms with Crippen LogP contribution in [0.4, 0.5) is 0 Å². The van der Waals surface area contributed by atoms with Crippen molar-refractivity contribution in [3.05, 3.63) is 23.3 Å². The summed E-state index contributed by atoms with van der Waals surface area (Å²) in [6.45, 7) is 3.81. The maximum atomic E-state index is 10.5. The molecule has 0 spiro atoms. The normalized spacial score (nSPS) is 22.2. The van der Waals surface area contributed by atoms with Crippen LogP contribution >= 0.6 is 0 Å². The number of rotatable bonds is 1. The lowest BCUT2D eigenvalue weighted by atomic mass is 10.2. The van der Waals surface area contributed by atoms with Crippen LogP contribution in [0, 0.1) is 5.41 Å². The first-order valence-corrected chi connectivity index (χ1v) is 3.15. The molecule has 1 fully saturated rings. The SMILES string of the molecule is C/C=C(C)\C=C1/C(=N)C1=O. The molecule has 10 heavy (non-hydrogen) atoms. The van der Waals surface area contributed by atoms with Gasteiger partial charge in [-0.2, -0.15) is 0 Å². The third kappa shape index (κ3) is 1.05. The zero-order chi connectivity index (χ0) is 7.72. The molecule has 1 aliphatic rings. The van der Waals surface area contributed by atoms with Crippen molar-refractivity contribution in [1.29, 1.82) is 5.41 Å². The molecular formula is C8H9NO. The molecular weight excluding hydrogens is 126 g/mol. The van der Waals surface area contributed by atoms with Crippen molar-refractivity contribution in [1.82, 2.24) is 0 Å². The Morgan fingerprint density at radius 1 is 1.60 bits per heavy atom. The van der Waals surface area contributed by atoms with Crippen LogP contribution in [0.15, 0.2) is 23.3 Å². The number of nitrogens with one attached hydrogen (secondary N) is 1. The molecule has 0 radical (unpaired) electrons. The molecule has 52 valence electrons. The van der Waals surface area contributed by atoms with Crippen molar-refractivity contribution >= 4 is 11.5 Å². The number of hydrogen-bond donors (Lipinski definition) is 1. The van der Waals surface area contributed by atoms with Crippen LogP contribution in [0.1, 0.15) is 13.8 Å². The number of carbonyl (C=O) groups is 1. The fourth-order valence-corrected chi connectivity index (χ4v) is 0.633. The topological polar surface area (TPSA) is 40.9 Å². The van der Waals surface area contributed by atoms with E-state index in [2.05, 4.69) is 0 Å². The average Bonchev–Trinajstić information content (AvgIpc) is 2.45. The lowest BCUT2D eigenvalue weighted by Gasteiger charge is -1.81. The lowest BCUT2D eigenvalue weighted by molar-refractivity contribution is -0.106. The summed E-state index contributed by atoms with van der Waals surface area (Å²) in [7, 11) is 0. The van der Waals surface area contributed by atoms with Gasteiger partial charge in [0.2, 0.25) is 5.78 Å². The summed E-state index contributed by atoms with van der Waals surface area (Å²) in [6.07, 6.45) is 3.65. The van der Waals surface area contributed by atoms with E-state index in [0.29, 0.717) is 5.57 Å². The second-order valence-electron chi connectivity index (χ2n) is 2.29. The Morgan fingerprint density at radius 2 is 2.10 bits per heavy atom. The van der Waals surface area contributed by atoms with Gasteiger partial charge in [-0.05, 0) is 19.9 Å². The molecule has 0 bridgehead atoms. The second-order valence-corrected chi connectivity index (χ2v) is 2.29. The summed E-state index contributed by atoms with van der Waals surface area (Å²) in [4.78, 5) is 10.5. The maximum Gasteiger partial charge on any atom is 0.213 e. The van der Waals surface area contributed by atoms with Crippen molar-refractivity contribution in [3.8, 4) is 0 Å². The number of carbonyl (C=O) groups excluding carboxylic acids is 1. The van der Waals surface area contributed by atoms with E-state index in [1.54, 1.807) is 6.08 Å². The van der Waals surface area contributed by atoms with Gasteiger partial charge < -0.3 is 0 Å². The minimum Gasteiger partial charge on any atom is -0.296 e. The number of ketones is 1. The Morgan fingerprint density at radius 3 is 2.40 bits per heavy atom. The van der Waals surface area contributed by atoms with E-state index in [1.165, 1.54) is 0 Å². The zero-order valence-corrected chi connectivity index (χ0v) is 6.06. The Hall–Kier alpha value is -1.18. The van der Waals surface area contributed by atoms with Crippen LogP contribution in [0.2, 0.25) is 0 Å². The standard InChI is InChI=1S/C8H9NO/c1-3-5(2)4-6-7(9)8(6)10/h3-4,9H,1-2H3/b5-3-,6-4+,9-7?. The van der Waals surface area contributed by atoms with Gasteiger partial charge in [-0.25, -0.2) is 0 Å². The largest absolute Gasteiger partial charge is 0.296 e. The summed E-state index contributed by atoms with van der Waals surface area (Å²) in [5.41, 5.74) is 1.77. The minimum atomic E-state index is -0.110. The van der Waals surface area contributed by atoms with Gasteiger partial charge in [0.25, 0.3) is 0 Å². The molecule has 2 nitrogen and oxygen atoms in total. The molecule has 1 N–H and O–H groups in total. The number of hydrogen-bond acceptors (Lipinski definition) is 2. The van der Waals surface area contributed by atoms with Gasteiger partial charge in [0.05, 0.1) is 5.57 Å². The highest BCUT2D eigenvalue weighted by atomic mass is 16.1. The third-order valence-electron chi connectivity index (χ3n) is 1.51. The van der Waals surface area contributed by atoms with Crippen LogP contribution in [0.5, 0.6) is 0 Å². The van der Waals surface area contributed by atoms with Crippen molar-refractivity contribution in [2.75, 3.05) is 0 Å². The summed E-state index contributed by atoms with van der Waals surface area (Å²) in [6, 6.07) is 0. The van der Waals surface area contributed by atoms with Crippen LogP contribution in [-0.4, -0.2) is 11.5 Å². The predicted molar refractivity (Wildman–Crippen MR) is 40.2 cm³/mol. The van der Waals surface area contributed by atoms with E-state index < -0.39 is 0 Å². The third-order valence-corrected chi connectivity index (χ3v) is 1.51. The lowest BCUT2D eigenvalue weighted by Crippen LogP contribution is -1.64. The molecule has 1 saturated carbocycles. The monoisotopic (exact) mass is 135 g/mol. The van der Waals surface area contributed by atoms with Crippen LogP contribution in [0.25, 0.3) is 0 Å². The quantitative estimate of drug-likeness (QED) is 0.543. The van der Waals surface area contributed by atoms with E-state index in [1.807, 2.05) is 19.9 Å². The fraction of sp³-hybridized carbons (Fsp3) is 0.250. The molecule has 0 saturated heterocycles. The van der Waals surface area contributed by atoms with Gasteiger partial charge in [0.1, 0.15) is 5.71 Å². The van der Waals surface area contributed by atoms with Crippen molar-refractivity contribution < 1.29 is 4.79 Å². The molecule has 1 rings (SSSR count). The first kappa shape index (κ1) is 6.93. The Labute approximate surface area is 59.8 Å². The van der Waals surface area contributed by atoms with Gasteiger partial charge in [0.15, 0.2) is 0 Å². The smallest absolute Gasteiger partial charge is 0.213 e. The van der Waals surface area contributed by atoms with E-state index in [9.17, 15) is 4.79 Å². The number of Topliss-reactive ketones (excluding diaryl/α,β-unsaturated/α-hetero) is 1. The van der Waals surface area contributed by atoms with Crippen LogP contribution in [0.3, 0.4) is 0 Å². The van der Waals surface area contributed by atoms with Crippen molar-refractivity contribution in [2.45, 2.75) is 13.8 Å². The van der Waals surface area contributed by atoms with Gasteiger partial charge in [0, 0.05) is 0 Å². The van der Waals surface area contributed by atoms with Gasteiger partial charge in [-0.1, -0.05) is 11.6 Å². The molecule has 0 aromatic rings.